The van der Waals surface area contributed by atoms with Gasteiger partial charge in [-0.15, -0.1) is 0 Å². The van der Waals surface area contributed by atoms with Crippen molar-refractivity contribution < 1.29 is 58.5 Å². The highest BCUT2D eigenvalue weighted by Gasteiger charge is 2.26. The smallest absolute Gasteiger partial charge is 0.326 e. The number of carboxylic acids is 3. The highest BCUT2D eigenvalue weighted by molar-refractivity contribution is 9.10. The number of carboxylic acid groups (broad SMARTS) is 3. The van der Waals surface area contributed by atoms with Gasteiger partial charge in [0.2, 0.25) is 17.7 Å². The summed E-state index contributed by atoms with van der Waals surface area (Å²) in [4.78, 5) is 112. The first kappa shape index (κ1) is 62.2. The van der Waals surface area contributed by atoms with Gasteiger partial charge in [0.1, 0.15) is 18.4 Å². The Kier molecular flexibility index (Phi) is 27.9. The minimum absolute atomic E-state index is 0.0273. The number of benzene rings is 3. The third-order valence-corrected chi connectivity index (χ3v) is 12.2. The molecule has 0 bridgehead atoms. The van der Waals surface area contributed by atoms with Gasteiger partial charge in [0.25, 0.3) is 5.91 Å². The van der Waals surface area contributed by atoms with Gasteiger partial charge in [0.05, 0.1) is 26.2 Å². The summed E-state index contributed by atoms with van der Waals surface area (Å²) in [6.07, 6.45) is 0.883. The molecule has 0 aliphatic rings. The maximum atomic E-state index is 14.0. The summed E-state index contributed by atoms with van der Waals surface area (Å²) in [6.45, 7) is 2.49. The summed E-state index contributed by atoms with van der Waals surface area (Å²) >= 11 is 9.01. The van der Waals surface area contributed by atoms with Crippen molar-refractivity contribution in [2.75, 3.05) is 70.8 Å². The van der Waals surface area contributed by atoms with Crippen LogP contribution < -0.4 is 49.1 Å². The largest absolute Gasteiger partial charge is 0.481 e. The number of amides is 6. The number of nitrogens with one attached hydrogen (secondary N) is 6. The van der Waals surface area contributed by atoms with E-state index in [2.05, 4.69) is 47.8 Å². The number of carbonyl (C=O) groups excluding carboxylic acids is 6. The lowest BCUT2D eigenvalue weighted by atomic mass is 10.0. The molecule has 0 heterocycles. The molecule has 0 saturated carbocycles. The molecule has 26 heteroatoms. The van der Waals surface area contributed by atoms with Crippen molar-refractivity contribution >= 4 is 92.8 Å². The number of primary amides is 3. The van der Waals surface area contributed by atoms with Crippen molar-refractivity contribution in [1.82, 2.24) is 41.3 Å². The van der Waals surface area contributed by atoms with Crippen LogP contribution in [0.3, 0.4) is 0 Å². The summed E-state index contributed by atoms with van der Waals surface area (Å²) in [7, 11) is 0. The molecule has 0 aromatic heterocycles. The number of aldehydes is 1. The van der Waals surface area contributed by atoms with Gasteiger partial charge < -0.3 is 74.1 Å². The summed E-state index contributed by atoms with van der Waals surface area (Å²) in [5.74, 6) is -5.97. The topological polar surface area (TPSA) is 374 Å². The number of nitrogens with zero attached hydrogens (tertiary/aromatic N) is 3. The fraction of sp³-hybridized carbons (Fsp3) is 0.429. The van der Waals surface area contributed by atoms with Crippen molar-refractivity contribution in [3.63, 3.8) is 0 Å². The van der Waals surface area contributed by atoms with Crippen molar-refractivity contribution in [1.29, 1.82) is 0 Å². The van der Waals surface area contributed by atoms with E-state index in [1.54, 1.807) is 34.1 Å². The van der Waals surface area contributed by atoms with Gasteiger partial charge in [-0.25, -0.2) is 14.4 Å². The average Bonchev–Trinajstić information content (AvgIpc) is 3.35. The second kappa shape index (κ2) is 33.7. The monoisotopic (exact) mass is 1130 g/mol. The Bertz CT molecular complexity index is 2390. The summed E-state index contributed by atoms with van der Waals surface area (Å²) in [5, 5.41) is 45.0. The Morgan fingerprint density at radius 2 is 1.31 bits per heavy atom. The molecule has 3 rings (SSSR count). The molecule has 3 aromatic carbocycles. The molecule has 0 radical (unpaired) electrons. The third kappa shape index (κ3) is 25.6. The lowest BCUT2D eigenvalue weighted by Crippen LogP contribution is -2.51. The molecular formula is C49H67BrN12O12S. The predicted molar refractivity (Wildman–Crippen MR) is 285 cm³/mol. The molecule has 0 aliphatic heterocycles. The summed E-state index contributed by atoms with van der Waals surface area (Å²) < 4.78 is 0.855. The van der Waals surface area contributed by atoms with Gasteiger partial charge in [-0.3, -0.25) is 33.8 Å². The Labute approximate surface area is 448 Å². The molecule has 6 amide bonds. The van der Waals surface area contributed by atoms with E-state index in [0.29, 0.717) is 68.5 Å². The highest BCUT2D eigenvalue weighted by Crippen LogP contribution is 2.18. The number of anilines is 1. The zero-order chi connectivity index (χ0) is 55.3. The zero-order valence-electron chi connectivity index (χ0n) is 41.3. The van der Waals surface area contributed by atoms with E-state index in [1.807, 2.05) is 53.4 Å². The molecule has 408 valence electrons. The van der Waals surface area contributed by atoms with Crippen LogP contribution in [-0.4, -0.2) is 173 Å². The number of urea groups is 1. The van der Waals surface area contributed by atoms with Gasteiger partial charge in [-0.2, -0.15) is 0 Å². The van der Waals surface area contributed by atoms with Crippen LogP contribution >= 0.6 is 28.1 Å². The molecule has 0 aliphatic carbocycles. The molecule has 3 atom stereocenters. The van der Waals surface area contributed by atoms with E-state index < -0.39 is 66.6 Å². The van der Waals surface area contributed by atoms with E-state index in [0.717, 1.165) is 27.4 Å². The van der Waals surface area contributed by atoms with Crippen molar-refractivity contribution in [2.45, 2.75) is 69.7 Å². The van der Waals surface area contributed by atoms with Crippen LogP contribution in [0.1, 0.15) is 59.2 Å². The third-order valence-electron chi connectivity index (χ3n) is 11.4. The van der Waals surface area contributed by atoms with E-state index in [1.165, 1.54) is 0 Å². The number of rotatable bonds is 37. The van der Waals surface area contributed by atoms with Crippen LogP contribution in [0.25, 0.3) is 0 Å². The number of thiocarbonyl (C=S) groups is 1. The highest BCUT2D eigenvalue weighted by atomic mass is 79.9. The molecule has 3 aromatic rings. The van der Waals surface area contributed by atoms with E-state index in [9.17, 15) is 53.4 Å². The Hall–Kier alpha value is -7.10. The number of aliphatic carboxylic acids is 3. The Morgan fingerprint density at radius 3 is 1.89 bits per heavy atom. The first-order valence-electron chi connectivity index (χ1n) is 23.9. The Balaban J connectivity index is 1.61. The second-order valence-corrected chi connectivity index (χ2v) is 18.7. The summed E-state index contributed by atoms with van der Waals surface area (Å²) in [6, 6.07) is 17.6. The van der Waals surface area contributed by atoms with Crippen molar-refractivity contribution in [2.24, 2.45) is 17.2 Å². The first-order chi connectivity index (χ1) is 35.7. The minimum Gasteiger partial charge on any atom is -0.481 e. The second-order valence-electron chi connectivity index (χ2n) is 17.4. The maximum Gasteiger partial charge on any atom is 0.326 e. The van der Waals surface area contributed by atoms with Crippen LogP contribution in [0.2, 0.25) is 0 Å². The minimum atomic E-state index is -1.54. The lowest BCUT2D eigenvalue weighted by molar-refractivity contribution is -0.141. The lowest BCUT2D eigenvalue weighted by Gasteiger charge is -2.33. The average molecular weight is 1130 g/mol. The van der Waals surface area contributed by atoms with E-state index in [4.69, 9.17) is 34.5 Å². The standard InChI is InChI=1S/C49H67BrN12O12S/c50-36-12-6-34(7-13-36)29-62(20-2-1-3-39(46(70)71)58-48(74)59-40(47(72)73)16-17-44(67)68)45(69)35-10-4-33(5-11-35)26-56-49(75)57-37-14-8-32(9-15-37)25-38(27-55-19-24-63)61(31-43(53)66)23-22-60(30-42(52)65)21-18-54-28-41(51)64/h4-15,24,38-40,54-55H,1-3,16-23,25-31H2,(H2,51,64)(H2,52,65)(H2,53,66)(H,67,68)(H,70,71)(H,72,73)(H2,56,57,75)(H2,58,59,74)/t38?,39-,40-/m1/s1. The number of carbonyl (C=O) groups is 9. The molecule has 24 nitrogen and oxygen atoms in total. The molecular weight excluding hydrogens is 1060 g/mol. The first-order valence-corrected chi connectivity index (χ1v) is 25.1. The molecule has 0 saturated heterocycles. The van der Waals surface area contributed by atoms with E-state index in [-0.39, 0.29) is 64.1 Å². The molecule has 75 heavy (non-hydrogen) atoms. The fourth-order valence-corrected chi connectivity index (χ4v) is 8.05. The van der Waals surface area contributed by atoms with Crippen LogP contribution in [-0.2, 0) is 53.1 Å². The number of nitrogens with two attached hydrogens (primary N) is 3. The van der Waals surface area contributed by atoms with Crippen LogP contribution in [0.15, 0.2) is 77.3 Å². The van der Waals surface area contributed by atoms with E-state index >= 15 is 0 Å². The molecule has 0 spiro atoms. The van der Waals surface area contributed by atoms with Crippen molar-refractivity contribution in [3.8, 4) is 0 Å². The number of unbranched alkanes of at least 4 members (excludes halogenated alkanes) is 1. The number of hydrogen-bond acceptors (Lipinski definition) is 14. The Morgan fingerprint density at radius 1 is 0.693 bits per heavy atom. The van der Waals surface area contributed by atoms with Gasteiger partial charge >= 0.3 is 23.9 Å². The van der Waals surface area contributed by atoms with Gasteiger partial charge in [0, 0.05) is 80.5 Å². The SMILES string of the molecule is NC(=O)CNCCN(CCN(CC(N)=O)C(CNCC=O)Cc1ccc(NC(=S)NCc2ccc(C(=O)N(CCCC[C@@H](NC(=O)N[C@H](CCC(=O)O)C(=O)O)C(=O)O)Cc3ccc(Br)cc3)cc2)cc1)CC(N)=O. The maximum absolute atomic E-state index is 14.0. The zero-order valence-corrected chi connectivity index (χ0v) is 43.7. The van der Waals surface area contributed by atoms with Crippen molar-refractivity contribution in [3.05, 3.63) is 99.5 Å². The molecule has 1 unspecified atom stereocenters. The van der Waals surface area contributed by atoms with Gasteiger partial charge in [-0.05, 0) is 97.4 Å². The summed E-state index contributed by atoms with van der Waals surface area (Å²) in [5.41, 5.74) is 20.0. The fourth-order valence-electron chi connectivity index (χ4n) is 7.60. The normalized spacial score (nSPS) is 12.2. The quantitative estimate of drug-likeness (QED) is 0.0208. The molecule has 0 fully saturated rings. The van der Waals surface area contributed by atoms with Gasteiger partial charge in [-0.1, -0.05) is 52.3 Å². The molecule has 15 N–H and O–H groups in total. The predicted octanol–water partition coefficient (Wildman–Crippen LogP) is 0.168. The number of hydrogen-bond donors (Lipinski definition) is 12. The number of halogens is 1. The van der Waals surface area contributed by atoms with Gasteiger partial charge in [0.15, 0.2) is 5.11 Å². The van der Waals surface area contributed by atoms with Crippen LogP contribution in [0.5, 0.6) is 0 Å². The van der Waals surface area contributed by atoms with Crippen LogP contribution in [0.4, 0.5) is 10.5 Å². The van der Waals surface area contributed by atoms with Crippen LogP contribution in [0, 0.1) is 0 Å².